The molecule has 1 amide bonds. The summed E-state index contributed by atoms with van der Waals surface area (Å²) in [5.74, 6) is 0.498. The number of oxazole rings is 1. The van der Waals surface area contributed by atoms with E-state index in [1.165, 1.54) is 28.6 Å². The fourth-order valence-electron chi connectivity index (χ4n) is 3.50. The molecule has 0 radical (unpaired) electrons. The predicted molar refractivity (Wildman–Crippen MR) is 117 cm³/mol. The topological polar surface area (TPSA) is 83.7 Å². The molecule has 0 saturated carbocycles. The molecule has 1 saturated heterocycles. The lowest BCUT2D eigenvalue weighted by molar-refractivity contribution is -0.132. The Hall–Kier alpha value is -2.75. The summed E-state index contributed by atoms with van der Waals surface area (Å²) < 4.78 is 45.7. The van der Waals surface area contributed by atoms with Gasteiger partial charge in [0.1, 0.15) is 5.82 Å². The summed E-state index contributed by atoms with van der Waals surface area (Å²) in [6, 6.07) is 12.0. The van der Waals surface area contributed by atoms with Gasteiger partial charge in [0, 0.05) is 49.6 Å². The second kappa shape index (κ2) is 9.40. The molecule has 0 spiro atoms. The number of hydrogen-bond donors (Lipinski definition) is 0. The Bertz CT molecular complexity index is 1210. The van der Waals surface area contributed by atoms with Crippen molar-refractivity contribution in [3.05, 3.63) is 71.5 Å². The van der Waals surface area contributed by atoms with Crippen LogP contribution < -0.4 is 0 Å². The van der Waals surface area contributed by atoms with Crippen LogP contribution in [-0.2, 0) is 21.2 Å². The SMILES string of the molecule is O=C(CCc1ncc(-c2ccc(F)cc2)o1)N1CCN(S(=O)(=O)c2cccc(Cl)c2)CC1. The number of nitrogens with zero attached hydrogens (tertiary/aromatic N) is 3. The molecule has 2 heterocycles. The highest BCUT2D eigenvalue weighted by Crippen LogP contribution is 2.23. The fraction of sp³-hybridized carbons (Fsp3) is 0.273. The van der Waals surface area contributed by atoms with E-state index in [1.54, 1.807) is 35.4 Å². The second-order valence-corrected chi connectivity index (χ2v) is 9.74. The van der Waals surface area contributed by atoms with Crippen LogP contribution in [0.2, 0.25) is 5.02 Å². The predicted octanol–water partition coefficient (Wildman–Crippen LogP) is 3.60. The maximum Gasteiger partial charge on any atom is 0.243 e. The summed E-state index contributed by atoms with van der Waals surface area (Å²) in [6.07, 6.45) is 2.07. The van der Waals surface area contributed by atoms with E-state index < -0.39 is 10.0 Å². The largest absolute Gasteiger partial charge is 0.441 e. The van der Waals surface area contributed by atoms with Crippen molar-refractivity contribution in [2.75, 3.05) is 26.2 Å². The van der Waals surface area contributed by atoms with E-state index in [2.05, 4.69) is 4.98 Å². The Morgan fingerprint density at radius 3 is 2.50 bits per heavy atom. The lowest BCUT2D eigenvalue weighted by Gasteiger charge is -2.34. The smallest absolute Gasteiger partial charge is 0.243 e. The van der Waals surface area contributed by atoms with Gasteiger partial charge >= 0.3 is 0 Å². The lowest BCUT2D eigenvalue weighted by Crippen LogP contribution is -2.50. The highest BCUT2D eigenvalue weighted by Gasteiger charge is 2.30. The number of benzene rings is 2. The molecule has 168 valence electrons. The van der Waals surface area contributed by atoms with Crippen LogP contribution in [0.1, 0.15) is 12.3 Å². The van der Waals surface area contributed by atoms with Crippen LogP contribution in [0.4, 0.5) is 4.39 Å². The minimum atomic E-state index is -3.65. The Morgan fingerprint density at radius 2 is 1.81 bits per heavy atom. The Balaban J connectivity index is 1.30. The van der Waals surface area contributed by atoms with Crippen LogP contribution in [0, 0.1) is 5.82 Å². The summed E-state index contributed by atoms with van der Waals surface area (Å²) >= 11 is 5.92. The summed E-state index contributed by atoms with van der Waals surface area (Å²) in [7, 11) is -3.65. The first-order valence-electron chi connectivity index (χ1n) is 10.1. The third-order valence-electron chi connectivity index (χ3n) is 5.26. The first-order valence-corrected chi connectivity index (χ1v) is 11.9. The Labute approximate surface area is 190 Å². The number of rotatable bonds is 6. The van der Waals surface area contributed by atoms with E-state index in [9.17, 15) is 17.6 Å². The summed E-state index contributed by atoms with van der Waals surface area (Å²) in [5, 5.41) is 0.356. The van der Waals surface area contributed by atoms with E-state index in [-0.39, 0.29) is 36.1 Å². The average Bonchev–Trinajstić information content (AvgIpc) is 3.27. The molecule has 1 aliphatic rings. The maximum absolute atomic E-state index is 13.1. The van der Waals surface area contributed by atoms with E-state index in [4.69, 9.17) is 16.0 Å². The van der Waals surface area contributed by atoms with Crippen LogP contribution in [0.5, 0.6) is 0 Å². The molecular formula is C22H21ClFN3O4S. The molecule has 4 rings (SSSR count). The fourth-order valence-corrected chi connectivity index (χ4v) is 5.22. The molecule has 10 heteroatoms. The standard InChI is InChI=1S/C22H21ClFN3O4S/c23-17-2-1-3-19(14-17)32(29,30)27-12-10-26(11-13-27)22(28)9-8-21-25-15-20(31-21)16-4-6-18(24)7-5-16/h1-7,14-15H,8-13H2. The summed E-state index contributed by atoms with van der Waals surface area (Å²) in [4.78, 5) is 18.6. The van der Waals surface area contributed by atoms with Gasteiger partial charge in [0.15, 0.2) is 11.7 Å². The van der Waals surface area contributed by atoms with Gasteiger partial charge in [-0.15, -0.1) is 0 Å². The molecule has 3 aromatic rings. The monoisotopic (exact) mass is 477 g/mol. The number of sulfonamides is 1. The minimum absolute atomic E-state index is 0.0914. The molecule has 1 aromatic heterocycles. The molecular weight excluding hydrogens is 457 g/mol. The lowest BCUT2D eigenvalue weighted by atomic mass is 10.2. The van der Waals surface area contributed by atoms with E-state index >= 15 is 0 Å². The van der Waals surface area contributed by atoms with Gasteiger partial charge in [-0.1, -0.05) is 17.7 Å². The van der Waals surface area contributed by atoms with Crippen LogP contribution in [0.25, 0.3) is 11.3 Å². The average molecular weight is 478 g/mol. The van der Waals surface area contributed by atoms with Crippen molar-refractivity contribution in [1.82, 2.24) is 14.2 Å². The molecule has 7 nitrogen and oxygen atoms in total. The van der Waals surface area contributed by atoms with Gasteiger partial charge in [-0.25, -0.2) is 17.8 Å². The Kier molecular flexibility index (Phi) is 6.59. The van der Waals surface area contributed by atoms with Gasteiger partial charge in [0.25, 0.3) is 0 Å². The zero-order chi connectivity index (χ0) is 22.7. The van der Waals surface area contributed by atoms with E-state index in [1.807, 2.05) is 0 Å². The molecule has 0 bridgehead atoms. The maximum atomic E-state index is 13.1. The quantitative estimate of drug-likeness (QED) is 0.541. The molecule has 0 unspecified atom stereocenters. The molecule has 1 fully saturated rings. The minimum Gasteiger partial charge on any atom is -0.441 e. The number of hydrogen-bond acceptors (Lipinski definition) is 5. The van der Waals surface area contributed by atoms with E-state index in [0.717, 1.165) is 0 Å². The number of aryl methyl sites for hydroxylation is 1. The number of carbonyl (C=O) groups excluding carboxylic acids is 1. The number of amides is 1. The van der Waals surface area contributed by atoms with Gasteiger partial charge in [0.05, 0.1) is 11.1 Å². The Morgan fingerprint density at radius 1 is 1.09 bits per heavy atom. The number of piperazine rings is 1. The normalized spacial score (nSPS) is 15.1. The van der Waals surface area contributed by atoms with Crippen LogP contribution in [-0.4, -0.2) is 54.7 Å². The van der Waals surface area contributed by atoms with Gasteiger partial charge in [-0.3, -0.25) is 4.79 Å². The zero-order valence-corrected chi connectivity index (χ0v) is 18.7. The van der Waals surface area contributed by atoms with Crippen molar-refractivity contribution < 1.29 is 22.0 Å². The number of halogens is 2. The third kappa shape index (κ3) is 5.01. The molecule has 0 aliphatic carbocycles. The molecule has 1 aliphatic heterocycles. The molecule has 32 heavy (non-hydrogen) atoms. The number of carbonyl (C=O) groups is 1. The molecule has 2 aromatic carbocycles. The van der Waals surface area contributed by atoms with Crippen molar-refractivity contribution in [1.29, 1.82) is 0 Å². The van der Waals surface area contributed by atoms with Gasteiger partial charge in [-0.05, 0) is 42.5 Å². The van der Waals surface area contributed by atoms with Crippen molar-refractivity contribution in [3.63, 3.8) is 0 Å². The highest BCUT2D eigenvalue weighted by atomic mass is 35.5. The van der Waals surface area contributed by atoms with Gasteiger partial charge in [0.2, 0.25) is 15.9 Å². The highest BCUT2D eigenvalue weighted by molar-refractivity contribution is 7.89. The zero-order valence-electron chi connectivity index (χ0n) is 17.1. The second-order valence-electron chi connectivity index (χ2n) is 7.37. The van der Waals surface area contributed by atoms with Crippen molar-refractivity contribution >= 4 is 27.5 Å². The van der Waals surface area contributed by atoms with Crippen LogP contribution in [0.15, 0.2) is 64.0 Å². The van der Waals surface area contributed by atoms with Gasteiger partial charge < -0.3 is 9.32 Å². The first kappa shape index (κ1) is 22.4. The summed E-state index contributed by atoms with van der Waals surface area (Å²) in [5.41, 5.74) is 0.702. The molecule has 0 atom stereocenters. The van der Waals surface area contributed by atoms with E-state index in [0.29, 0.717) is 41.7 Å². The van der Waals surface area contributed by atoms with Crippen molar-refractivity contribution in [2.45, 2.75) is 17.7 Å². The first-order chi connectivity index (χ1) is 15.3. The third-order valence-corrected chi connectivity index (χ3v) is 7.39. The van der Waals surface area contributed by atoms with Crippen LogP contribution in [0.3, 0.4) is 0 Å². The van der Waals surface area contributed by atoms with Crippen LogP contribution >= 0.6 is 11.6 Å². The van der Waals surface area contributed by atoms with Crippen molar-refractivity contribution in [3.8, 4) is 11.3 Å². The van der Waals surface area contributed by atoms with Crippen molar-refractivity contribution in [2.24, 2.45) is 0 Å². The summed E-state index contributed by atoms with van der Waals surface area (Å²) in [6.45, 7) is 1.05. The van der Waals surface area contributed by atoms with Gasteiger partial charge in [-0.2, -0.15) is 4.31 Å². The molecule has 0 N–H and O–H groups in total. The number of aromatic nitrogens is 1.